The summed E-state index contributed by atoms with van der Waals surface area (Å²) in [7, 11) is -7.39. The van der Waals surface area contributed by atoms with Crippen molar-refractivity contribution in [1.82, 2.24) is 0 Å². The summed E-state index contributed by atoms with van der Waals surface area (Å²) in [4.78, 5) is 0. The lowest BCUT2D eigenvalue weighted by Crippen LogP contribution is -2.29. The topological polar surface area (TPSA) is 86.7 Å². The van der Waals surface area contributed by atoms with Crippen LogP contribution in [-0.4, -0.2) is 28.3 Å². The Morgan fingerprint density at radius 1 is 0.585 bits per heavy atom. The van der Waals surface area contributed by atoms with Crippen LogP contribution in [0.25, 0.3) is 11.1 Å². The average molecular weight is 591 g/mol. The second-order valence-electron chi connectivity index (χ2n) is 10.5. The third-order valence-corrected chi connectivity index (χ3v) is 10.2. The van der Waals surface area contributed by atoms with Crippen LogP contribution in [0.2, 0.25) is 0 Å². The third kappa shape index (κ3) is 5.26. The second kappa shape index (κ2) is 11.0. The number of hydrogen-bond donors (Lipinski definition) is 0. The smallest absolute Gasteiger partial charge is 0.309 e. The van der Waals surface area contributed by atoms with Crippen LogP contribution < -0.4 is 8.37 Å². The molecule has 0 saturated carbocycles. The quantitative estimate of drug-likeness (QED) is 0.164. The van der Waals surface area contributed by atoms with Gasteiger partial charge in [-0.1, -0.05) is 86.6 Å². The van der Waals surface area contributed by atoms with Gasteiger partial charge in [0.1, 0.15) is 11.5 Å². The van der Waals surface area contributed by atoms with Gasteiger partial charge in [0, 0.05) is 0 Å². The maximum atomic E-state index is 12.4. The first-order valence-corrected chi connectivity index (χ1v) is 16.9. The Morgan fingerprint density at radius 2 is 0.976 bits per heavy atom. The maximum absolute atomic E-state index is 12.4. The van der Waals surface area contributed by atoms with Gasteiger partial charge in [0.2, 0.25) is 0 Å². The van der Waals surface area contributed by atoms with Crippen LogP contribution in [0.4, 0.5) is 0 Å². The van der Waals surface area contributed by atoms with Crippen molar-refractivity contribution in [2.24, 2.45) is 0 Å². The zero-order chi connectivity index (χ0) is 29.4. The lowest BCUT2D eigenvalue weighted by Gasteiger charge is -2.34. The summed E-state index contributed by atoms with van der Waals surface area (Å²) in [6.07, 6.45) is 0.934. The summed E-state index contributed by atoms with van der Waals surface area (Å²) in [6, 6.07) is 27.8. The minimum atomic E-state index is -3.70. The normalized spacial score (nSPS) is 13.9. The van der Waals surface area contributed by atoms with Crippen molar-refractivity contribution in [1.29, 1.82) is 0 Å². The van der Waals surface area contributed by atoms with Gasteiger partial charge in [-0.2, -0.15) is 16.8 Å². The number of benzene rings is 4. The molecule has 8 heteroatoms. The molecule has 0 spiro atoms. The van der Waals surface area contributed by atoms with Crippen molar-refractivity contribution < 1.29 is 25.2 Å². The molecule has 41 heavy (non-hydrogen) atoms. The molecule has 0 fully saturated rings. The van der Waals surface area contributed by atoms with E-state index in [0.717, 1.165) is 33.4 Å². The van der Waals surface area contributed by atoms with Gasteiger partial charge in [-0.15, -0.1) is 0 Å². The van der Waals surface area contributed by atoms with Gasteiger partial charge in [0.25, 0.3) is 0 Å². The summed E-state index contributed by atoms with van der Waals surface area (Å²) in [5.41, 5.74) is 6.92. The van der Waals surface area contributed by atoms with Crippen LogP contribution in [0.15, 0.2) is 84.9 Å². The SMILES string of the molecule is CCCS(=O)(=O)Oc1ccc(C2(c3ccc(OS(=O)(=O)CCC)c(C)c3)c3ccccc3-c3ccccc32)cc1C. The summed E-state index contributed by atoms with van der Waals surface area (Å²) in [5.74, 6) is 0.497. The van der Waals surface area contributed by atoms with Gasteiger partial charge >= 0.3 is 20.2 Å². The van der Waals surface area contributed by atoms with E-state index >= 15 is 0 Å². The second-order valence-corrected chi connectivity index (χ2v) is 13.9. The summed E-state index contributed by atoms with van der Waals surface area (Å²) >= 11 is 0. The van der Waals surface area contributed by atoms with E-state index in [2.05, 4.69) is 24.3 Å². The molecule has 6 nitrogen and oxygen atoms in total. The van der Waals surface area contributed by atoms with E-state index in [-0.39, 0.29) is 11.5 Å². The Labute approximate surface area is 243 Å². The van der Waals surface area contributed by atoms with Gasteiger partial charge in [-0.05, 0) is 83.3 Å². The highest BCUT2D eigenvalue weighted by Gasteiger charge is 2.46. The number of rotatable bonds is 10. The van der Waals surface area contributed by atoms with Crippen molar-refractivity contribution in [3.63, 3.8) is 0 Å². The monoisotopic (exact) mass is 590 g/mol. The average Bonchev–Trinajstić information content (AvgIpc) is 3.22. The van der Waals surface area contributed by atoms with Crippen LogP contribution in [0, 0.1) is 13.8 Å². The van der Waals surface area contributed by atoms with Gasteiger partial charge in [0.15, 0.2) is 0 Å². The van der Waals surface area contributed by atoms with Crippen molar-refractivity contribution in [2.75, 3.05) is 11.5 Å². The molecule has 5 rings (SSSR count). The van der Waals surface area contributed by atoms with Gasteiger partial charge < -0.3 is 8.37 Å². The Hall–Kier alpha value is -3.62. The maximum Gasteiger partial charge on any atom is 0.309 e. The lowest BCUT2D eigenvalue weighted by atomic mass is 9.67. The fourth-order valence-electron chi connectivity index (χ4n) is 5.83. The Bertz CT molecular complexity index is 1690. The van der Waals surface area contributed by atoms with E-state index in [1.165, 1.54) is 0 Å². The molecule has 0 saturated heterocycles. The first-order chi connectivity index (χ1) is 19.5. The molecule has 1 aliphatic rings. The predicted octanol–water partition coefficient (Wildman–Crippen LogP) is 6.90. The summed E-state index contributed by atoms with van der Waals surface area (Å²) in [5, 5.41) is 0. The number of hydrogen-bond acceptors (Lipinski definition) is 6. The molecule has 0 amide bonds. The van der Waals surface area contributed by atoms with Gasteiger partial charge in [0.05, 0.1) is 16.9 Å². The largest absolute Gasteiger partial charge is 0.382 e. The zero-order valence-corrected chi connectivity index (χ0v) is 25.3. The van der Waals surface area contributed by atoms with Crippen LogP contribution in [0.1, 0.15) is 60.1 Å². The Morgan fingerprint density at radius 3 is 1.34 bits per heavy atom. The molecule has 0 heterocycles. The Balaban J connectivity index is 1.74. The highest BCUT2D eigenvalue weighted by atomic mass is 32.2. The number of fused-ring (bicyclic) bond motifs is 3. The highest BCUT2D eigenvalue weighted by Crippen LogP contribution is 2.56. The van der Waals surface area contributed by atoms with Gasteiger partial charge in [-0.3, -0.25) is 0 Å². The highest BCUT2D eigenvalue weighted by molar-refractivity contribution is 7.87. The molecule has 1 aliphatic carbocycles. The van der Waals surface area contributed by atoms with Crippen molar-refractivity contribution in [2.45, 2.75) is 46.0 Å². The first kappa shape index (κ1) is 28.9. The molecule has 4 aromatic rings. The van der Waals surface area contributed by atoms with E-state index < -0.39 is 25.7 Å². The minimum absolute atomic E-state index is 0.0550. The van der Waals surface area contributed by atoms with E-state index in [0.29, 0.717) is 35.5 Å². The molecule has 0 radical (unpaired) electrons. The molecule has 0 aliphatic heterocycles. The fraction of sp³-hybridized carbons (Fsp3) is 0.273. The molecule has 0 N–H and O–H groups in total. The molecular formula is C33H34O6S2. The van der Waals surface area contributed by atoms with Crippen molar-refractivity contribution in [3.05, 3.63) is 118 Å². The molecule has 4 aromatic carbocycles. The molecule has 0 bridgehead atoms. The molecule has 0 aromatic heterocycles. The van der Waals surface area contributed by atoms with Crippen LogP contribution in [-0.2, 0) is 25.7 Å². The van der Waals surface area contributed by atoms with Crippen molar-refractivity contribution in [3.8, 4) is 22.6 Å². The fourth-order valence-corrected chi connectivity index (χ4v) is 7.92. The molecule has 0 atom stereocenters. The summed E-state index contributed by atoms with van der Waals surface area (Å²) < 4.78 is 60.7. The third-order valence-electron chi connectivity index (χ3n) is 7.51. The minimum Gasteiger partial charge on any atom is -0.382 e. The van der Waals surface area contributed by atoms with E-state index in [4.69, 9.17) is 8.37 Å². The van der Waals surface area contributed by atoms with Crippen LogP contribution >= 0.6 is 0 Å². The Kier molecular flexibility index (Phi) is 7.74. The lowest BCUT2D eigenvalue weighted by molar-refractivity contribution is 0.481. The van der Waals surface area contributed by atoms with Crippen LogP contribution in [0.5, 0.6) is 11.5 Å². The van der Waals surface area contributed by atoms with E-state index in [1.54, 1.807) is 26.0 Å². The molecule has 0 unspecified atom stereocenters. The number of aryl methyl sites for hydroxylation is 2. The zero-order valence-electron chi connectivity index (χ0n) is 23.7. The van der Waals surface area contributed by atoms with Gasteiger partial charge in [-0.25, -0.2) is 0 Å². The molecule has 214 valence electrons. The summed E-state index contributed by atoms with van der Waals surface area (Å²) in [6.45, 7) is 7.29. The van der Waals surface area contributed by atoms with E-state index in [1.807, 2.05) is 62.4 Å². The predicted molar refractivity (Wildman–Crippen MR) is 163 cm³/mol. The molecular weight excluding hydrogens is 556 g/mol. The van der Waals surface area contributed by atoms with Crippen molar-refractivity contribution >= 4 is 20.2 Å². The first-order valence-electron chi connectivity index (χ1n) is 13.8. The van der Waals surface area contributed by atoms with E-state index in [9.17, 15) is 16.8 Å². The van der Waals surface area contributed by atoms with Crippen LogP contribution in [0.3, 0.4) is 0 Å². The standard InChI is InChI=1S/C33H34O6S2/c1-5-19-40(34,35)38-31-17-15-25(21-23(31)3)33(26-16-18-32(24(4)22-26)39-41(36,37)20-6-2)29-13-9-7-11-27(29)28-12-8-10-14-30(28)33/h7-18,21-22H,5-6,19-20H2,1-4H3.